The number of rotatable bonds is 9. The van der Waals surface area contributed by atoms with Gasteiger partial charge >= 0.3 is 5.97 Å². The van der Waals surface area contributed by atoms with Crippen molar-refractivity contribution in [1.29, 1.82) is 0 Å². The van der Waals surface area contributed by atoms with Crippen molar-refractivity contribution in [3.8, 4) is 5.75 Å². The van der Waals surface area contributed by atoms with Gasteiger partial charge in [0.2, 0.25) is 6.29 Å². The summed E-state index contributed by atoms with van der Waals surface area (Å²) in [6.07, 6.45) is -3.38. The topological polar surface area (TPSA) is 137 Å². The number of carboxylic acids is 1. The van der Waals surface area contributed by atoms with Gasteiger partial charge in [0.05, 0.1) is 0 Å². The number of nitrogens with two attached hydrogens (primary N) is 1. The summed E-state index contributed by atoms with van der Waals surface area (Å²) in [6, 6.07) is 10.7. The average Bonchev–Trinajstić information content (AvgIpc) is 3.26. The summed E-state index contributed by atoms with van der Waals surface area (Å²) >= 11 is 12.3. The molecule has 2 aromatic carbocycles. The fourth-order valence-electron chi connectivity index (χ4n) is 3.67. The highest BCUT2D eigenvalue weighted by Crippen LogP contribution is 2.33. The monoisotopic (exact) mass is 538 g/mol. The Hall–Kier alpha value is -2.85. The number of benzene rings is 2. The van der Waals surface area contributed by atoms with Gasteiger partial charge in [0, 0.05) is 22.0 Å². The number of ether oxygens (including phenoxy) is 3. The molecule has 4 atom stereocenters. The number of halogens is 2. The molecule has 9 nitrogen and oxygen atoms in total. The first-order chi connectivity index (χ1) is 16.9. The molecule has 1 aliphatic heterocycles. The van der Waals surface area contributed by atoms with E-state index in [1.165, 1.54) is 0 Å². The molecule has 194 valence electrons. The van der Waals surface area contributed by atoms with Crippen LogP contribution < -0.4 is 15.8 Å². The minimum Gasteiger partial charge on any atom is -0.489 e. The van der Waals surface area contributed by atoms with Crippen molar-refractivity contribution in [1.82, 2.24) is 5.32 Å². The summed E-state index contributed by atoms with van der Waals surface area (Å²) in [5.74, 6) is -2.27. The first kappa shape index (κ1) is 27.7. The second-order valence-corrected chi connectivity index (χ2v) is 10.3. The number of nitrogens with one attached hydrogen (secondary N) is 1. The summed E-state index contributed by atoms with van der Waals surface area (Å²) in [7, 11) is 0. The second-order valence-electron chi connectivity index (χ2n) is 9.45. The van der Waals surface area contributed by atoms with E-state index in [2.05, 4.69) is 5.32 Å². The third-order valence-corrected chi connectivity index (χ3v) is 6.29. The van der Waals surface area contributed by atoms with Crippen LogP contribution >= 0.6 is 23.2 Å². The third-order valence-electron chi connectivity index (χ3n) is 5.58. The highest BCUT2D eigenvalue weighted by molar-refractivity contribution is 6.35. The van der Waals surface area contributed by atoms with Crippen LogP contribution in [0.2, 0.25) is 10.0 Å². The van der Waals surface area contributed by atoms with Crippen molar-refractivity contribution >= 4 is 41.0 Å². The molecule has 0 aromatic heterocycles. The van der Waals surface area contributed by atoms with Crippen LogP contribution in [0.25, 0.3) is 0 Å². The van der Waals surface area contributed by atoms with Gasteiger partial charge in [-0.05, 0) is 35.2 Å². The van der Waals surface area contributed by atoms with Crippen molar-refractivity contribution in [3.63, 3.8) is 0 Å². The molecule has 0 bridgehead atoms. The van der Waals surface area contributed by atoms with E-state index in [0.29, 0.717) is 26.9 Å². The predicted molar refractivity (Wildman–Crippen MR) is 133 cm³/mol. The van der Waals surface area contributed by atoms with Gasteiger partial charge in [-0.25, -0.2) is 4.79 Å². The first-order valence-corrected chi connectivity index (χ1v) is 11.9. The predicted octanol–water partition coefficient (Wildman–Crippen LogP) is 3.33. The normalized spacial score (nSPS) is 20.5. The Morgan fingerprint density at radius 3 is 2.22 bits per heavy atom. The number of carbonyl (C=O) groups excluding carboxylic acids is 2. The molecule has 0 radical (unpaired) electrons. The Bertz CT molecular complexity index is 1100. The maximum absolute atomic E-state index is 12.9. The summed E-state index contributed by atoms with van der Waals surface area (Å²) < 4.78 is 16.7. The van der Waals surface area contributed by atoms with Crippen molar-refractivity contribution in [2.45, 2.75) is 58.3 Å². The fraction of sp³-hybridized carbons (Fsp3) is 0.400. The van der Waals surface area contributed by atoms with E-state index in [9.17, 15) is 19.5 Å². The van der Waals surface area contributed by atoms with Crippen LogP contribution in [0.1, 0.15) is 31.9 Å². The van der Waals surface area contributed by atoms with E-state index in [4.69, 9.17) is 43.1 Å². The number of hydrogen-bond donors (Lipinski definition) is 3. The Morgan fingerprint density at radius 1 is 1.08 bits per heavy atom. The molecular formula is C25H28Cl2N2O7. The van der Waals surface area contributed by atoms with E-state index in [0.717, 1.165) is 0 Å². The van der Waals surface area contributed by atoms with Crippen molar-refractivity contribution < 1.29 is 33.7 Å². The van der Waals surface area contributed by atoms with Crippen LogP contribution in [-0.4, -0.2) is 47.4 Å². The summed E-state index contributed by atoms with van der Waals surface area (Å²) in [5, 5.41) is 13.2. The lowest BCUT2D eigenvalue weighted by atomic mass is 9.85. The van der Waals surface area contributed by atoms with E-state index in [1.807, 2.05) is 20.8 Å². The standard InChI is InChI=1S/C25H28Cl2N2O7/c1-25(2,3)20-19(35-24(36-20)21(28)30)22(31)29-18(23(32)33)11-13-7-9-14(10-8-13)34-12-15-16(26)5-4-6-17(15)27/h4-10,18-20,24H,11-12H2,1-3H3,(H2,28,30)(H,29,31)(H,32,33)/t18?,19-,20+,24?/m1/s1. The Balaban J connectivity index is 1.64. The van der Waals surface area contributed by atoms with Crippen molar-refractivity contribution in [2.24, 2.45) is 11.1 Å². The Labute approximate surface area is 218 Å². The molecule has 3 rings (SSSR count). The van der Waals surface area contributed by atoms with Gasteiger partial charge < -0.3 is 30.4 Å². The summed E-state index contributed by atoms with van der Waals surface area (Å²) in [6.45, 7) is 5.59. The van der Waals surface area contributed by atoms with Crippen LogP contribution in [0.15, 0.2) is 42.5 Å². The molecule has 0 spiro atoms. The zero-order valence-corrected chi connectivity index (χ0v) is 21.5. The smallest absolute Gasteiger partial charge is 0.326 e. The number of carbonyl (C=O) groups is 3. The number of carboxylic acid groups (broad SMARTS) is 1. The zero-order valence-electron chi connectivity index (χ0n) is 20.0. The van der Waals surface area contributed by atoms with E-state index < -0.39 is 47.7 Å². The molecule has 36 heavy (non-hydrogen) atoms. The Morgan fingerprint density at radius 2 is 1.69 bits per heavy atom. The molecule has 1 saturated heterocycles. The molecule has 2 unspecified atom stereocenters. The maximum Gasteiger partial charge on any atom is 0.326 e. The average molecular weight is 539 g/mol. The van der Waals surface area contributed by atoms with Gasteiger partial charge in [-0.15, -0.1) is 0 Å². The van der Waals surface area contributed by atoms with Crippen molar-refractivity contribution in [3.05, 3.63) is 63.6 Å². The van der Waals surface area contributed by atoms with Crippen LogP contribution in [0.5, 0.6) is 5.75 Å². The lowest BCUT2D eigenvalue weighted by Crippen LogP contribution is -2.51. The van der Waals surface area contributed by atoms with Gasteiger partial charge in [-0.2, -0.15) is 0 Å². The van der Waals surface area contributed by atoms with Gasteiger partial charge in [0.1, 0.15) is 24.5 Å². The number of aliphatic carboxylic acids is 1. The fourth-order valence-corrected chi connectivity index (χ4v) is 4.18. The number of hydrogen-bond acceptors (Lipinski definition) is 6. The summed E-state index contributed by atoms with van der Waals surface area (Å²) in [5.41, 5.74) is 5.99. The summed E-state index contributed by atoms with van der Waals surface area (Å²) in [4.78, 5) is 36.3. The minimum absolute atomic E-state index is 0.00467. The van der Waals surface area contributed by atoms with Gasteiger partial charge in [-0.3, -0.25) is 9.59 Å². The molecule has 2 aromatic rings. The van der Waals surface area contributed by atoms with Crippen molar-refractivity contribution in [2.75, 3.05) is 0 Å². The molecule has 2 amide bonds. The minimum atomic E-state index is -1.39. The molecule has 0 aliphatic carbocycles. The SMILES string of the molecule is CC(C)(C)[C@H]1OC(C(N)=O)O[C@H]1C(=O)NC(Cc1ccc(OCc2c(Cl)cccc2Cl)cc1)C(=O)O. The van der Waals surface area contributed by atoms with E-state index in [-0.39, 0.29) is 13.0 Å². The molecular weight excluding hydrogens is 511 g/mol. The lowest BCUT2D eigenvalue weighted by molar-refractivity contribution is -0.151. The van der Waals surface area contributed by atoms with Crippen LogP contribution in [-0.2, 0) is 36.9 Å². The molecule has 11 heteroatoms. The molecule has 0 saturated carbocycles. The molecule has 1 heterocycles. The van der Waals surface area contributed by atoms with Gasteiger partial charge in [-0.1, -0.05) is 62.2 Å². The van der Waals surface area contributed by atoms with Crippen LogP contribution in [0, 0.1) is 5.41 Å². The molecule has 1 fully saturated rings. The molecule has 1 aliphatic rings. The third kappa shape index (κ3) is 6.88. The van der Waals surface area contributed by atoms with Gasteiger partial charge in [0.15, 0.2) is 6.10 Å². The lowest BCUT2D eigenvalue weighted by Gasteiger charge is -2.29. The maximum atomic E-state index is 12.9. The second kappa shape index (κ2) is 11.5. The largest absolute Gasteiger partial charge is 0.489 e. The van der Waals surface area contributed by atoms with E-state index in [1.54, 1.807) is 42.5 Å². The zero-order chi connectivity index (χ0) is 26.6. The van der Waals surface area contributed by atoms with Crippen LogP contribution in [0.3, 0.4) is 0 Å². The van der Waals surface area contributed by atoms with E-state index >= 15 is 0 Å². The first-order valence-electron chi connectivity index (χ1n) is 11.1. The number of amides is 2. The van der Waals surface area contributed by atoms with Crippen LogP contribution in [0.4, 0.5) is 0 Å². The quantitative estimate of drug-likeness (QED) is 0.445. The van der Waals surface area contributed by atoms with Gasteiger partial charge in [0.25, 0.3) is 11.8 Å². The molecule has 4 N–H and O–H groups in total. The Kier molecular flexibility index (Phi) is 8.84. The number of primary amides is 1. The highest BCUT2D eigenvalue weighted by Gasteiger charge is 2.49. The highest BCUT2D eigenvalue weighted by atomic mass is 35.5.